The van der Waals surface area contributed by atoms with Crippen molar-refractivity contribution >= 4 is 0 Å². The molecule has 0 heterocycles. The van der Waals surface area contributed by atoms with Crippen molar-refractivity contribution < 1.29 is 0 Å². The average Bonchev–Trinajstić information content (AvgIpc) is 1.99. The maximum absolute atomic E-state index is 3.95. The first-order valence-electron chi connectivity index (χ1n) is 4.48. The van der Waals surface area contributed by atoms with E-state index in [0.717, 1.165) is 6.42 Å². The SMILES string of the molecule is C=C(C)C(=CC(C)CC)CC. The highest BCUT2D eigenvalue weighted by Gasteiger charge is 1.98. The predicted molar refractivity (Wildman–Crippen MR) is 52.6 cm³/mol. The molecule has 0 aromatic carbocycles. The van der Waals surface area contributed by atoms with E-state index in [4.69, 9.17) is 0 Å². The fraction of sp³-hybridized carbons (Fsp3) is 0.636. The fourth-order valence-electron chi connectivity index (χ4n) is 1.02. The van der Waals surface area contributed by atoms with Gasteiger partial charge in [0, 0.05) is 0 Å². The van der Waals surface area contributed by atoms with Gasteiger partial charge in [-0.2, -0.15) is 0 Å². The molecule has 0 radical (unpaired) electrons. The monoisotopic (exact) mass is 152 g/mol. The molecule has 0 heteroatoms. The van der Waals surface area contributed by atoms with Crippen molar-refractivity contribution in [3.8, 4) is 0 Å². The number of hydrogen-bond donors (Lipinski definition) is 0. The maximum Gasteiger partial charge on any atom is -0.0259 e. The molecule has 0 amide bonds. The van der Waals surface area contributed by atoms with Crippen LogP contribution in [0.2, 0.25) is 0 Å². The van der Waals surface area contributed by atoms with E-state index in [9.17, 15) is 0 Å². The Morgan fingerprint density at radius 1 is 1.45 bits per heavy atom. The van der Waals surface area contributed by atoms with Gasteiger partial charge in [-0.1, -0.05) is 45.4 Å². The highest BCUT2D eigenvalue weighted by atomic mass is 14.0. The lowest BCUT2D eigenvalue weighted by Gasteiger charge is -2.07. The Hall–Kier alpha value is -0.520. The molecule has 0 aliphatic heterocycles. The molecule has 0 aromatic rings. The molecule has 0 nitrogen and oxygen atoms in total. The largest absolute Gasteiger partial charge is 0.0958 e. The average molecular weight is 152 g/mol. The Kier molecular flexibility index (Phi) is 4.93. The van der Waals surface area contributed by atoms with Crippen molar-refractivity contribution in [1.29, 1.82) is 0 Å². The van der Waals surface area contributed by atoms with E-state index in [0.29, 0.717) is 5.92 Å². The van der Waals surface area contributed by atoms with Gasteiger partial charge >= 0.3 is 0 Å². The minimum absolute atomic E-state index is 0.696. The third kappa shape index (κ3) is 4.02. The van der Waals surface area contributed by atoms with Crippen LogP contribution in [0.3, 0.4) is 0 Å². The Morgan fingerprint density at radius 2 is 2.00 bits per heavy atom. The van der Waals surface area contributed by atoms with Crippen LogP contribution in [-0.4, -0.2) is 0 Å². The summed E-state index contributed by atoms with van der Waals surface area (Å²) < 4.78 is 0. The second kappa shape index (κ2) is 5.17. The van der Waals surface area contributed by atoms with Gasteiger partial charge in [-0.25, -0.2) is 0 Å². The summed E-state index contributed by atoms with van der Waals surface area (Å²) in [5.74, 6) is 0.696. The quantitative estimate of drug-likeness (QED) is 0.535. The minimum atomic E-state index is 0.696. The normalized spacial score (nSPS) is 14.7. The summed E-state index contributed by atoms with van der Waals surface area (Å²) in [6.45, 7) is 12.7. The summed E-state index contributed by atoms with van der Waals surface area (Å²) in [4.78, 5) is 0. The first-order chi connectivity index (χ1) is 5.11. The van der Waals surface area contributed by atoms with E-state index in [1.165, 1.54) is 17.6 Å². The summed E-state index contributed by atoms with van der Waals surface area (Å²) in [6.07, 6.45) is 4.67. The summed E-state index contributed by atoms with van der Waals surface area (Å²) in [5.41, 5.74) is 2.63. The molecule has 11 heavy (non-hydrogen) atoms. The zero-order chi connectivity index (χ0) is 8.85. The lowest BCUT2D eigenvalue weighted by Crippen LogP contribution is -1.90. The molecular weight excluding hydrogens is 132 g/mol. The second-order valence-corrected chi connectivity index (χ2v) is 3.21. The van der Waals surface area contributed by atoms with Crippen molar-refractivity contribution in [1.82, 2.24) is 0 Å². The third-order valence-corrected chi connectivity index (χ3v) is 2.06. The maximum atomic E-state index is 3.95. The Labute approximate surface area is 71.0 Å². The Bertz CT molecular complexity index is 151. The molecule has 1 unspecified atom stereocenters. The highest BCUT2D eigenvalue weighted by Crippen LogP contribution is 2.15. The van der Waals surface area contributed by atoms with Crippen LogP contribution >= 0.6 is 0 Å². The van der Waals surface area contributed by atoms with Crippen LogP contribution in [0, 0.1) is 5.92 Å². The van der Waals surface area contributed by atoms with E-state index in [2.05, 4.69) is 40.3 Å². The Balaban J connectivity index is 4.22. The van der Waals surface area contributed by atoms with Gasteiger partial charge in [-0.05, 0) is 24.8 Å². The van der Waals surface area contributed by atoms with Crippen LogP contribution in [0.4, 0.5) is 0 Å². The first kappa shape index (κ1) is 10.5. The Morgan fingerprint density at radius 3 is 2.27 bits per heavy atom. The van der Waals surface area contributed by atoms with Crippen molar-refractivity contribution in [2.24, 2.45) is 5.92 Å². The molecule has 1 atom stereocenters. The van der Waals surface area contributed by atoms with Gasteiger partial charge in [-0.15, -0.1) is 0 Å². The van der Waals surface area contributed by atoms with E-state index in [-0.39, 0.29) is 0 Å². The molecule has 0 spiro atoms. The van der Waals surface area contributed by atoms with Crippen molar-refractivity contribution in [2.45, 2.75) is 40.5 Å². The zero-order valence-electron chi connectivity index (χ0n) is 8.28. The second-order valence-electron chi connectivity index (χ2n) is 3.21. The van der Waals surface area contributed by atoms with Crippen molar-refractivity contribution in [3.63, 3.8) is 0 Å². The van der Waals surface area contributed by atoms with E-state index in [1.807, 2.05) is 0 Å². The van der Waals surface area contributed by atoms with Gasteiger partial charge < -0.3 is 0 Å². The molecule has 0 bridgehead atoms. The summed E-state index contributed by atoms with van der Waals surface area (Å²) >= 11 is 0. The van der Waals surface area contributed by atoms with Crippen LogP contribution in [0.5, 0.6) is 0 Å². The number of allylic oxidation sites excluding steroid dienone is 3. The molecule has 0 saturated carbocycles. The van der Waals surface area contributed by atoms with Gasteiger partial charge in [0.05, 0.1) is 0 Å². The molecule has 64 valence electrons. The molecule has 0 fully saturated rings. The van der Waals surface area contributed by atoms with E-state index >= 15 is 0 Å². The van der Waals surface area contributed by atoms with Gasteiger partial charge in [-0.3, -0.25) is 0 Å². The van der Waals surface area contributed by atoms with E-state index in [1.54, 1.807) is 0 Å². The smallest absolute Gasteiger partial charge is 0.0259 e. The zero-order valence-corrected chi connectivity index (χ0v) is 8.28. The molecular formula is C11H20. The molecule has 0 saturated heterocycles. The van der Waals surface area contributed by atoms with Crippen LogP contribution < -0.4 is 0 Å². The lowest BCUT2D eigenvalue weighted by molar-refractivity contribution is 0.690. The van der Waals surface area contributed by atoms with Crippen molar-refractivity contribution in [2.75, 3.05) is 0 Å². The first-order valence-corrected chi connectivity index (χ1v) is 4.48. The van der Waals surface area contributed by atoms with E-state index < -0.39 is 0 Å². The predicted octanol–water partition coefficient (Wildman–Crippen LogP) is 3.95. The third-order valence-electron chi connectivity index (χ3n) is 2.06. The summed E-state index contributed by atoms with van der Waals surface area (Å²) in [5, 5.41) is 0. The highest BCUT2D eigenvalue weighted by molar-refractivity contribution is 5.26. The van der Waals surface area contributed by atoms with Gasteiger partial charge in [0.2, 0.25) is 0 Å². The standard InChI is InChI=1S/C11H20/c1-6-10(5)8-11(7-2)9(3)4/h8,10H,3,6-7H2,1-2,4-5H3. The molecule has 0 rings (SSSR count). The topological polar surface area (TPSA) is 0 Å². The molecule has 0 aromatic heterocycles. The molecule has 0 aliphatic carbocycles. The van der Waals surface area contributed by atoms with Gasteiger partial charge in [0.1, 0.15) is 0 Å². The van der Waals surface area contributed by atoms with Gasteiger partial charge in [0.25, 0.3) is 0 Å². The molecule has 0 N–H and O–H groups in total. The summed E-state index contributed by atoms with van der Waals surface area (Å²) in [6, 6.07) is 0. The van der Waals surface area contributed by atoms with Crippen LogP contribution in [-0.2, 0) is 0 Å². The van der Waals surface area contributed by atoms with Crippen molar-refractivity contribution in [3.05, 3.63) is 23.8 Å². The van der Waals surface area contributed by atoms with Crippen LogP contribution in [0.25, 0.3) is 0 Å². The summed E-state index contributed by atoms with van der Waals surface area (Å²) in [7, 11) is 0. The lowest BCUT2D eigenvalue weighted by atomic mass is 9.99. The van der Waals surface area contributed by atoms with Crippen LogP contribution in [0.1, 0.15) is 40.5 Å². The van der Waals surface area contributed by atoms with Crippen LogP contribution in [0.15, 0.2) is 23.8 Å². The van der Waals surface area contributed by atoms with Gasteiger partial charge in [0.15, 0.2) is 0 Å². The number of hydrogen-bond acceptors (Lipinski definition) is 0. The fourth-order valence-corrected chi connectivity index (χ4v) is 1.02. The minimum Gasteiger partial charge on any atom is -0.0958 e. The number of rotatable bonds is 4. The molecule has 0 aliphatic rings.